The zero-order valence-electron chi connectivity index (χ0n) is 19.4. The lowest BCUT2D eigenvalue weighted by Crippen LogP contribution is -2.39. The molecular formula is C27H26N2O4S. The number of esters is 1. The van der Waals surface area contributed by atoms with Crippen molar-refractivity contribution < 1.29 is 14.3 Å². The minimum atomic E-state index is -0.649. The SMILES string of the molecule is C=CCOc1ccc([C@@H]2C(C(=O)OCC)=C(C)N=c3s/c(=C\c4ccc(C)cc4)c(=O)n32)cc1. The molecule has 0 N–H and O–H groups in total. The van der Waals surface area contributed by atoms with Crippen LogP contribution < -0.4 is 19.6 Å². The van der Waals surface area contributed by atoms with Crippen LogP contribution in [0.15, 0.2) is 82.2 Å². The van der Waals surface area contributed by atoms with Crippen LogP contribution in [0.5, 0.6) is 5.75 Å². The molecule has 0 saturated carbocycles. The highest BCUT2D eigenvalue weighted by Crippen LogP contribution is 2.31. The van der Waals surface area contributed by atoms with Crippen molar-refractivity contribution in [3.05, 3.63) is 109 Å². The van der Waals surface area contributed by atoms with Gasteiger partial charge in [0.2, 0.25) is 0 Å². The van der Waals surface area contributed by atoms with Crippen molar-refractivity contribution in [3.63, 3.8) is 0 Å². The van der Waals surface area contributed by atoms with Gasteiger partial charge in [0.05, 0.1) is 28.5 Å². The average Bonchev–Trinajstić information content (AvgIpc) is 3.13. The Balaban J connectivity index is 1.88. The van der Waals surface area contributed by atoms with Crippen LogP contribution in [-0.2, 0) is 9.53 Å². The van der Waals surface area contributed by atoms with Crippen LogP contribution in [0.3, 0.4) is 0 Å². The molecule has 0 amide bonds. The largest absolute Gasteiger partial charge is 0.490 e. The number of hydrogen-bond acceptors (Lipinski definition) is 6. The third kappa shape index (κ3) is 4.65. The summed E-state index contributed by atoms with van der Waals surface area (Å²) in [5.41, 5.74) is 3.54. The number of ether oxygens (including phenoxy) is 2. The highest BCUT2D eigenvalue weighted by molar-refractivity contribution is 7.07. The second kappa shape index (κ2) is 10.1. The number of carbonyl (C=O) groups excluding carboxylic acids is 1. The van der Waals surface area contributed by atoms with Gasteiger partial charge in [0.1, 0.15) is 12.4 Å². The summed E-state index contributed by atoms with van der Waals surface area (Å²) in [6.45, 7) is 9.83. The van der Waals surface area contributed by atoms with Gasteiger partial charge in [-0.05, 0) is 50.1 Å². The molecule has 34 heavy (non-hydrogen) atoms. The van der Waals surface area contributed by atoms with E-state index in [9.17, 15) is 9.59 Å². The minimum absolute atomic E-state index is 0.199. The summed E-state index contributed by atoms with van der Waals surface area (Å²) in [4.78, 5) is 31.7. The second-order valence-corrected chi connectivity index (χ2v) is 8.89. The number of thiazole rings is 1. The number of fused-ring (bicyclic) bond motifs is 1. The Morgan fingerprint density at radius 1 is 1.15 bits per heavy atom. The van der Waals surface area contributed by atoms with Crippen LogP contribution in [0.1, 0.15) is 36.6 Å². The first-order chi connectivity index (χ1) is 16.4. The van der Waals surface area contributed by atoms with Crippen molar-refractivity contribution in [2.75, 3.05) is 13.2 Å². The summed E-state index contributed by atoms with van der Waals surface area (Å²) >= 11 is 1.31. The van der Waals surface area contributed by atoms with Crippen molar-refractivity contribution in [2.45, 2.75) is 26.8 Å². The van der Waals surface area contributed by atoms with Gasteiger partial charge in [-0.15, -0.1) is 0 Å². The smallest absolute Gasteiger partial charge is 0.338 e. The van der Waals surface area contributed by atoms with E-state index < -0.39 is 12.0 Å². The minimum Gasteiger partial charge on any atom is -0.490 e. The first-order valence-corrected chi connectivity index (χ1v) is 11.8. The van der Waals surface area contributed by atoms with Crippen molar-refractivity contribution >= 4 is 23.4 Å². The molecule has 7 heteroatoms. The fourth-order valence-corrected chi connectivity index (χ4v) is 4.87. The number of nitrogens with zero attached hydrogens (tertiary/aromatic N) is 2. The number of carbonyl (C=O) groups is 1. The summed E-state index contributed by atoms with van der Waals surface area (Å²) in [5, 5.41) is 0. The molecule has 174 valence electrons. The zero-order chi connectivity index (χ0) is 24.2. The van der Waals surface area contributed by atoms with E-state index in [0.29, 0.717) is 33.0 Å². The van der Waals surface area contributed by atoms with Crippen LogP contribution in [0, 0.1) is 6.92 Å². The molecule has 6 nitrogen and oxygen atoms in total. The third-order valence-electron chi connectivity index (χ3n) is 5.46. The molecule has 0 spiro atoms. The molecule has 0 unspecified atom stereocenters. The lowest BCUT2D eigenvalue weighted by Gasteiger charge is -2.24. The van der Waals surface area contributed by atoms with E-state index >= 15 is 0 Å². The topological polar surface area (TPSA) is 69.9 Å². The number of allylic oxidation sites excluding steroid dienone is 1. The molecule has 0 saturated heterocycles. The Morgan fingerprint density at radius 2 is 1.85 bits per heavy atom. The normalized spacial score (nSPS) is 15.5. The van der Waals surface area contributed by atoms with E-state index in [-0.39, 0.29) is 12.2 Å². The van der Waals surface area contributed by atoms with E-state index in [1.807, 2.05) is 61.5 Å². The Kier molecular flexibility index (Phi) is 6.93. The maximum atomic E-state index is 13.6. The molecule has 0 radical (unpaired) electrons. The van der Waals surface area contributed by atoms with E-state index in [0.717, 1.165) is 16.7 Å². The highest BCUT2D eigenvalue weighted by Gasteiger charge is 2.33. The Labute approximate surface area is 201 Å². The molecule has 1 aliphatic rings. The lowest BCUT2D eigenvalue weighted by atomic mass is 9.96. The Morgan fingerprint density at radius 3 is 2.50 bits per heavy atom. The maximum absolute atomic E-state index is 13.6. The maximum Gasteiger partial charge on any atom is 0.338 e. The summed E-state index contributed by atoms with van der Waals surface area (Å²) in [7, 11) is 0. The molecule has 4 rings (SSSR count). The van der Waals surface area contributed by atoms with E-state index in [1.165, 1.54) is 11.3 Å². The van der Waals surface area contributed by atoms with Gasteiger partial charge in [-0.25, -0.2) is 9.79 Å². The predicted molar refractivity (Wildman–Crippen MR) is 134 cm³/mol. The molecule has 1 aromatic heterocycles. The monoisotopic (exact) mass is 474 g/mol. The Hall–Kier alpha value is -3.71. The van der Waals surface area contributed by atoms with Crippen LogP contribution in [0.2, 0.25) is 0 Å². The molecule has 2 aromatic carbocycles. The van der Waals surface area contributed by atoms with Crippen LogP contribution >= 0.6 is 11.3 Å². The first kappa shape index (κ1) is 23.4. The van der Waals surface area contributed by atoms with Crippen molar-refractivity contribution in [2.24, 2.45) is 4.99 Å². The van der Waals surface area contributed by atoms with Crippen LogP contribution in [0.4, 0.5) is 0 Å². The van der Waals surface area contributed by atoms with Gasteiger partial charge in [-0.3, -0.25) is 9.36 Å². The number of rotatable bonds is 7. The van der Waals surface area contributed by atoms with E-state index in [1.54, 1.807) is 24.5 Å². The molecule has 3 aromatic rings. The second-order valence-electron chi connectivity index (χ2n) is 7.88. The molecule has 0 bridgehead atoms. The van der Waals surface area contributed by atoms with Gasteiger partial charge in [-0.1, -0.05) is 66.0 Å². The quantitative estimate of drug-likeness (QED) is 0.387. The van der Waals surface area contributed by atoms with Gasteiger partial charge < -0.3 is 9.47 Å². The van der Waals surface area contributed by atoms with Crippen molar-refractivity contribution in [3.8, 4) is 5.75 Å². The standard InChI is InChI=1S/C27H26N2O4S/c1-5-15-33-21-13-11-20(12-14-21)24-23(26(31)32-6-2)18(4)28-27-29(24)25(30)22(34-27)16-19-9-7-17(3)8-10-19/h5,7-14,16,24H,1,6,15H2,2-4H3/b22-16-/t24-/m1/s1. The van der Waals surface area contributed by atoms with Crippen molar-refractivity contribution in [1.82, 2.24) is 4.57 Å². The van der Waals surface area contributed by atoms with Gasteiger partial charge >= 0.3 is 5.97 Å². The number of benzene rings is 2. The fourth-order valence-electron chi connectivity index (χ4n) is 3.82. The first-order valence-electron chi connectivity index (χ1n) is 11.0. The molecular weight excluding hydrogens is 448 g/mol. The molecule has 0 aliphatic carbocycles. The molecule has 2 heterocycles. The summed E-state index contributed by atoms with van der Waals surface area (Å²) in [5.74, 6) is 0.197. The zero-order valence-corrected chi connectivity index (χ0v) is 20.2. The van der Waals surface area contributed by atoms with E-state index in [2.05, 4.69) is 11.6 Å². The molecule has 0 fully saturated rings. The summed E-state index contributed by atoms with van der Waals surface area (Å²) < 4.78 is 13.1. The van der Waals surface area contributed by atoms with Crippen molar-refractivity contribution in [1.29, 1.82) is 0 Å². The van der Waals surface area contributed by atoms with Gasteiger partial charge in [0.15, 0.2) is 4.80 Å². The Bertz CT molecular complexity index is 1430. The van der Waals surface area contributed by atoms with E-state index in [4.69, 9.17) is 9.47 Å². The van der Waals surface area contributed by atoms with Gasteiger partial charge in [-0.2, -0.15) is 0 Å². The molecule has 1 atom stereocenters. The molecule has 1 aliphatic heterocycles. The lowest BCUT2D eigenvalue weighted by molar-refractivity contribution is -0.139. The number of hydrogen-bond donors (Lipinski definition) is 0. The van der Waals surface area contributed by atoms with Gasteiger partial charge in [0.25, 0.3) is 5.56 Å². The predicted octanol–water partition coefficient (Wildman–Crippen LogP) is 3.67. The highest BCUT2D eigenvalue weighted by atomic mass is 32.1. The average molecular weight is 475 g/mol. The van der Waals surface area contributed by atoms with Crippen LogP contribution in [0.25, 0.3) is 6.08 Å². The third-order valence-corrected chi connectivity index (χ3v) is 6.44. The number of aromatic nitrogens is 1. The summed E-state index contributed by atoms with van der Waals surface area (Å²) in [6.07, 6.45) is 3.53. The summed E-state index contributed by atoms with van der Waals surface area (Å²) in [6, 6.07) is 14.7. The van der Waals surface area contributed by atoms with Crippen LogP contribution in [-0.4, -0.2) is 23.8 Å². The fraction of sp³-hybridized carbons (Fsp3) is 0.222. The van der Waals surface area contributed by atoms with Gasteiger partial charge in [0, 0.05) is 0 Å². The number of aryl methyl sites for hydroxylation is 1.